The van der Waals surface area contributed by atoms with Gasteiger partial charge in [0.15, 0.2) is 5.11 Å². The average molecular weight is 186 g/mol. The zero-order valence-corrected chi connectivity index (χ0v) is 7.85. The summed E-state index contributed by atoms with van der Waals surface area (Å²) in [5.74, 6) is -0.276. The van der Waals surface area contributed by atoms with E-state index in [2.05, 4.69) is 0 Å². The normalized spacial score (nSPS) is 17.5. The van der Waals surface area contributed by atoms with Crippen LogP contribution in [0, 0.1) is 0 Å². The summed E-state index contributed by atoms with van der Waals surface area (Å²) in [6, 6.07) is 0. The van der Waals surface area contributed by atoms with Crippen molar-refractivity contribution < 1.29 is 9.59 Å². The molecule has 0 aliphatic carbocycles. The summed E-state index contributed by atoms with van der Waals surface area (Å²) in [4.78, 5) is 24.8. The first kappa shape index (κ1) is 9.12. The highest BCUT2D eigenvalue weighted by Gasteiger charge is 2.33. The molecule has 1 heterocycles. The molecule has 5 heteroatoms. The molecule has 0 saturated carbocycles. The molecule has 0 unspecified atom stereocenters. The van der Waals surface area contributed by atoms with Gasteiger partial charge in [-0.1, -0.05) is 0 Å². The van der Waals surface area contributed by atoms with Gasteiger partial charge in [0.2, 0.25) is 11.8 Å². The van der Waals surface area contributed by atoms with Gasteiger partial charge in [0.05, 0.1) is 0 Å². The van der Waals surface area contributed by atoms with E-state index in [1.54, 1.807) is 0 Å². The van der Waals surface area contributed by atoms with Crippen molar-refractivity contribution in [3.8, 4) is 0 Å². The van der Waals surface area contributed by atoms with Crippen LogP contribution in [0.4, 0.5) is 0 Å². The Balaban J connectivity index is 2.82. The van der Waals surface area contributed by atoms with Crippen LogP contribution in [0.3, 0.4) is 0 Å². The summed E-state index contributed by atoms with van der Waals surface area (Å²) in [5.41, 5.74) is 0. The Labute approximate surface area is 76.1 Å². The fraction of sp³-hybridized carbons (Fsp3) is 0.571. The van der Waals surface area contributed by atoms with Crippen LogP contribution in [0.25, 0.3) is 0 Å². The summed E-state index contributed by atoms with van der Waals surface area (Å²) >= 11 is 4.92. The van der Waals surface area contributed by atoms with Crippen LogP contribution < -0.4 is 0 Å². The molecule has 0 aromatic rings. The third kappa shape index (κ3) is 1.32. The number of carbonyl (C=O) groups is 2. The molecule has 0 aromatic carbocycles. The lowest BCUT2D eigenvalue weighted by atomic mass is 10.5. The van der Waals surface area contributed by atoms with Gasteiger partial charge in [-0.2, -0.15) is 0 Å². The Morgan fingerprint density at radius 1 is 1.67 bits per heavy atom. The minimum absolute atomic E-state index is 0.0992. The number of thiocarbonyl (C=S) groups is 1. The summed E-state index contributed by atoms with van der Waals surface area (Å²) in [5, 5.41) is 0.329. The van der Waals surface area contributed by atoms with Crippen molar-refractivity contribution >= 4 is 29.1 Å². The summed E-state index contributed by atoms with van der Waals surface area (Å²) in [6.45, 7) is 3.86. The van der Waals surface area contributed by atoms with Crippen molar-refractivity contribution in [3.63, 3.8) is 0 Å². The highest BCUT2D eigenvalue weighted by Crippen LogP contribution is 2.09. The van der Waals surface area contributed by atoms with Gasteiger partial charge in [-0.3, -0.25) is 19.4 Å². The van der Waals surface area contributed by atoms with Gasteiger partial charge in [0.25, 0.3) is 0 Å². The number of rotatable bonds is 1. The molecule has 0 bridgehead atoms. The number of nitrogens with zero attached hydrogens (tertiary/aromatic N) is 2. The molecule has 0 N–H and O–H groups in total. The molecule has 0 atom stereocenters. The Hall–Kier alpha value is -0.970. The number of amides is 2. The maximum atomic E-state index is 11.2. The molecule has 12 heavy (non-hydrogen) atoms. The number of carbonyl (C=O) groups excluding carboxylic acids is 2. The minimum Gasteiger partial charge on any atom is -0.288 e. The molecule has 4 nitrogen and oxygen atoms in total. The summed E-state index contributed by atoms with van der Waals surface area (Å²) in [7, 11) is 0. The second kappa shape index (κ2) is 3.18. The van der Waals surface area contributed by atoms with Gasteiger partial charge in [0, 0.05) is 13.5 Å². The average Bonchev–Trinajstić information content (AvgIpc) is 2.27. The standard InChI is InChI=1S/C7H10N2O2S/c1-3-8-6(11)4-9(5(2)10)7(8)12/h3-4H2,1-2H3. The highest BCUT2D eigenvalue weighted by molar-refractivity contribution is 7.80. The maximum absolute atomic E-state index is 11.2. The van der Waals surface area contributed by atoms with Gasteiger partial charge in [0.1, 0.15) is 6.54 Å². The molecular formula is C7H10N2O2S. The molecule has 0 aromatic heterocycles. The van der Waals surface area contributed by atoms with E-state index in [0.717, 1.165) is 0 Å². The van der Waals surface area contributed by atoms with Crippen LogP contribution in [0.1, 0.15) is 13.8 Å². The highest BCUT2D eigenvalue weighted by atomic mass is 32.1. The van der Waals surface area contributed by atoms with Crippen molar-refractivity contribution in [2.45, 2.75) is 13.8 Å². The fourth-order valence-electron chi connectivity index (χ4n) is 1.10. The molecule has 0 radical (unpaired) electrons. The van der Waals surface area contributed by atoms with E-state index < -0.39 is 0 Å². The topological polar surface area (TPSA) is 40.6 Å². The molecule has 1 aliphatic heterocycles. The van der Waals surface area contributed by atoms with Crippen molar-refractivity contribution in [2.75, 3.05) is 13.1 Å². The van der Waals surface area contributed by atoms with E-state index >= 15 is 0 Å². The Bertz CT molecular complexity index is 252. The largest absolute Gasteiger partial charge is 0.288 e. The Morgan fingerprint density at radius 3 is 2.50 bits per heavy atom. The van der Waals surface area contributed by atoms with Crippen molar-refractivity contribution in [1.29, 1.82) is 0 Å². The van der Waals surface area contributed by atoms with Gasteiger partial charge >= 0.3 is 0 Å². The summed E-state index contributed by atoms with van der Waals surface area (Å²) < 4.78 is 0. The second-order valence-corrected chi connectivity index (χ2v) is 2.89. The first-order valence-electron chi connectivity index (χ1n) is 3.70. The van der Waals surface area contributed by atoms with Crippen molar-refractivity contribution in [3.05, 3.63) is 0 Å². The van der Waals surface area contributed by atoms with Gasteiger partial charge in [-0.25, -0.2) is 0 Å². The van der Waals surface area contributed by atoms with E-state index in [1.165, 1.54) is 16.7 Å². The molecule has 1 saturated heterocycles. The SMILES string of the molecule is CCN1C(=O)CN(C(C)=O)C1=S. The second-order valence-electron chi connectivity index (χ2n) is 2.53. The van der Waals surface area contributed by atoms with E-state index in [1.807, 2.05) is 6.92 Å². The van der Waals surface area contributed by atoms with E-state index in [-0.39, 0.29) is 18.4 Å². The zero-order chi connectivity index (χ0) is 9.30. The molecule has 1 fully saturated rings. The van der Waals surface area contributed by atoms with Crippen LogP contribution in [-0.2, 0) is 9.59 Å². The third-order valence-electron chi connectivity index (χ3n) is 1.75. The maximum Gasteiger partial charge on any atom is 0.248 e. The predicted molar refractivity (Wildman–Crippen MR) is 47.4 cm³/mol. The van der Waals surface area contributed by atoms with Crippen LogP contribution >= 0.6 is 12.2 Å². The molecule has 1 aliphatic rings. The molecular weight excluding hydrogens is 176 g/mol. The Kier molecular flexibility index (Phi) is 2.42. The van der Waals surface area contributed by atoms with Crippen LogP contribution in [0.2, 0.25) is 0 Å². The monoisotopic (exact) mass is 186 g/mol. The number of hydrogen-bond acceptors (Lipinski definition) is 3. The lowest BCUT2D eigenvalue weighted by Gasteiger charge is -2.15. The van der Waals surface area contributed by atoms with Gasteiger partial charge < -0.3 is 0 Å². The Morgan fingerprint density at radius 2 is 2.25 bits per heavy atom. The van der Waals surface area contributed by atoms with Crippen LogP contribution in [0.15, 0.2) is 0 Å². The van der Waals surface area contributed by atoms with E-state index in [0.29, 0.717) is 11.7 Å². The molecule has 2 amide bonds. The van der Waals surface area contributed by atoms with Crippen molar-refractivity contribution in [1.82, 2.24) is 9.80 Å². The van der Waals surface area contributed by atoms with E-state index in [9.17, 15) is 9.59 Å². The molecule has 66 valence electrons. The molecule has 1 rings (SSSR count). The third-order valence-corrected chi connectivity index (χ3v) is 2.19. The lowest BCUT2D eigenvalue weighted by molar-refractivity contribution is -0.129. The van der Waals surface area contributed by atoms with Gasteiger partial charge in [-0.05, 0) is 19.1 Å². The zero-order valence-electron chi connectivity index (χ0n) is 7.03. The first-order chi connectivity index (χ1) is 5.57. The fourth-order valence-corrected chi connectivity index (χ4v) is 1.52. The van der Waals surface area contributed by atoms with Crippen molar-refractivity contribution in [2.24, 2.45) is 0 Å². The van der Waals surface area contributed by atoms with E-state index in [4.69, 9.17) is 12.2 Å². The smallest absolute Gasteiger partial charge is 0.248 e. The first-order valence-corrected chi connectivity index (χ1v) is 4.11. The van der Waals surface area contributed by atoms with Gasteiger partial charge in [-0.15, -0.1) is 0 Å². The molecule has 0 spiro atoms. The minimum atomic E-state index is -0.177. The van der Waals surface area contributed by atoms with Crippen LogP contribution in [-0.4, -0.2) is 39.8 Å². The number of hydrogen-bond donors (Lipinski definition) is 0. The lowest BCUT2D eigenvalue weighted by Crippen LogP contribution is -2.34. The summed E-state index contributed by atoms with van der Waals surface area (Å²) in [6.07, 6.45) is 0. The van der Waals surface area contributed by atoms with Crippen LogP contribution in [0.5, 0.6) is 0 Å². The predicted octanol–water partition coefficient (Wildman–Crippen LogP) is -0.0181. The number of likely N-dealkylation sites (N-methyl/N-ethyl adjacent to an activating group) is 1. The quantitative estimate of drug-likeness (QED) is 0.540.